The Hall–Kier alpha value is 0.653. The van der Waals surface area contributed by atoms with Crippen LogP contribution in [0.3, 0.4) is 0 Å². The van der Waals surface area contributed by atoms with Crippen LogP contribution in [-0.2, 0) is 18.3 Å². The first-order valence-corrected chi connectivity index (χ1v) is 2.53. The third kappa shape index (κ3) is 17.0. The zero-order chi connectivity index (χ0) is 2.71. The molecule has 21 valence electrons. The van der Waals surface area contributed by atoms with E-state index in [-0.39, 0.29) is 12.4 Å². The van der Waals surface area contributed by atoms with Crippen LogP contribution in [0.25, 0.3) is 0 Å². The molecule has 4 heavy (non-hydrogen) atoms. The number of halogens is 1. The Morgan fingerprint density at radius 1 is 1.75 bits per heavy atom. The summed E-state index contributed by atoms with van der Waals surface area (Å²) in [4.78, 5) is 0. The summed E-state index contributed by atoms with van der Waals surface area (Å²) in [5.74, 6) is 0. The van der Waals surface area contributed by atoms with Crippen molar-refractivity contribution in [2.45, 2.75) is 0 Å². The molecule has 0 aromatic heterocycles. The zero-order valence-corrected chi connectivity index (χ0v) is 6.18. The van der Waals surface area contributed by atoms with Gasteiger partial charge in [0, 0.05) is 0 Å². The summed E-state index contributed by atoms with van der Waals surface area (Å²) in [5, 5.41) is 0. The maximum atomic E-state index is 3.42. The van der Waals surface area contributed by atoms with Crippen molar-refractivity contribution in [3.63, 3.8) is 0 Å². The first-order chi connectivity index (χ1) is 1.41. The van der Waals surface area contributed by atoms with Gasteiger partial charge in [-0.05, 0) is 0 Å². The molecule has 0 saturated heterocycles. The van der Waals surface area contributed by atoms with Crippen LogP contribution in [0, 0.1) is 0 Å². The summed E-state index contributed by atoms with van der Waals surface area (Å²) in [5.41, 5.74) is 0. The molecule has 0 saturated carbocycles. The van der Waals surface area contributed by atoms with Crippen molar-refractivity contribution in [3.05, 3.63) is 11.2 Å². The first kappa shape index (κ1) is 8.82. The number of hydrogen-bond acceptors (Lipinski definition) is 0. The molecule has 0 bridgehead atoms. The fourth-order valence-corrected chi connectivity index (χ4v) is 0. The Morgan fingerprint density at radius 2 is 1.75 bits per heavy atom. The van der Waals surface area contributed by atoms with Crippen LogP contribution in [-0.4, -0.2) is 0 Å². The molecule has 0 aliphatic rings. The molecule has 0 aliphatic heterocycles. The molecule has 0 N–H and O–H groups in total. The Kier molecular flexibility index (Phi) is 20.8. The molecule has 2 heteroatoms. The van der Waals surface area contributed by atoms with Gasteiger partial charge in [-0.1, -0.05) is 0 Å². The molecular weight excluding hydrogens is 125 g/mol. The summed E-state index contributed by atoms with van der Waals surface area (Å²) in [7, 11) is 0. The Bertz CT molecular complexity index is 13.5. The molecular formula is C2H4ClZn. The molecule has 0 nitrogen and oxygen atoms in total. The minimum Gasteiger partial charge on any atom is -0.147 e. The second-order valence-corrected chi connectivity index (χ2v) is 1.50. The molecule has 0 amide bonds. The molecule has 0 atom stereocenters. The maximum absolute atomic E-state index is 3.42. The maximum Gasteiger partial charge on any atom is -0.147 e. The molecule has 0 fully saturated rings. The fourth-order valence-electron chi connectivity index (χ4n) is 0. The van der Waals surface area contributed by atoms with Crippen molar-refractivity contribution in [2.75, 3.05) is 0 Å². The van der Waals surface area contributed by atoms with E-state index in [0.717, 1.165) is 0 Å². The van der Waals surface area contributed by atoms with Crippen LogP contribution in [0.2, 0.25) is 0 Å². The zero-order valence-electron chi connectivity index (χ0n) is 2.40. The van der Waals surface area contributed by atoms with Crippen LogP contribution in [0.4, 0.5) is 0 Å². The van der Waals surface area contributed by atoms with Gasteiger partial charge in [-0.25, -0.2) is 0 Å². The van der Waals surface area contributed by atoms with Crippen molar-refractivity contribution < 1.29 is 18.3 Å². The monoisotopic (exact) mass is 127 g/mol. The second kappa shape index (κ2) is 9.41. The standard InChI is InChI=1S/C2H3.ClH.Zn/c1-2;;/h1H,2H2;1H;. The van der Waals surface area contributed by atoms with Crippen LogP contribution in [0.5, 0.6) is 0 Å². The topological polar surface area (TPSA) is 0 Å². The molecule has 0 aromatic carbocycles. The quantitative estimate of drug-likeness (QED) is 0.429. The predicted molar refractivity (Wildman–Crippen MR) is 17.4 cm³/mol. The van der Waals surface area contributed by atoms with Crippen LogP contribution in [0.1, 0.15) is 0 Å². The second-order valence-electron chi connectivity index (χ2n) is 0.289. The van der Waals surface area contributed by atoms with Crippen molar-refractivity contribution in [2.24, 2.45) is 0 Å². The summed E-state index contributed by atoms with van der Waals surface area (Å²) < 4.78 is 1.88. The number of hydrogen-bond donors (Lipinski definition) is 0. The van der Waals surface area contributed by atoms with Crippen molar-refractivity contribution in [1.29, 1.82) is 0 Å². The van der Waals surface area contributed by atoms with Gasteiger partial charge in [0.25, 0.3) is 0 Å². The molecule has 0 unspecified atom stereocenters. The van der Waals surface area contributed by atoms with Crippen LogP contribution in [0.15, 0.2) is 11.2 Å². The molecule has 0 aliphatic carbocycles. The largest absolute Gasteiger partial charge is 0.147 e. The Labute approximate surface area is 42.4 Å². The van der Waals surface area contributed by atoms with Gasteiger partial charge in [-0.15, -0.1) is 12.4 Å². The molecule has 0 aromatic rings. The van der Waals surface area contributed by atoms with Gasteiger partial charge < -0.3 is 0 Å². The molecule has 0 heterocycles. The van der Waals surface area contributed by atoms with Crippen LogP contribution >= 0.6 is 12.4 Å². The Morgan fingerprint density at radius 3 is 1.75 bits per heavy atom. The SMILES string of the molecule is C=[CH][Zn].Cl. The normalized spacial score (nSPS) is 3.50. The smallest absolute Gasteiger partial charge is 0.147 e. The summed E-state index contributed by atoms with van der Waals surface area (Å²) in [6.45, 7) is 3.42. The van der Waals surface area contributed by atoms with Crippen molar-refractivity contribution in [3.8, 4) is 0 Å². The van der Waals surface area contributed by atoms with Gasteiger partial charge in [0.1, 0.15) is 0 Å². The van der Waals surface area contributed by atoms with Gasteiger partial charge in [0.15, 0.2) is 0 Å². The van der Waals surface area contributed by atoms with E-state index in [2.05, 4.69) is 6.58 Å². The van der Waals surface area contributed by atoms with Gasteiger partial charge in [-0.2, -0.15) is 0 Å². The summed E-state index contributed by atoms with van der Waals surface area (Å²) in [6, 6.07) is 0. The minimum absolute atomic E-state index is 0. The molecule has 0 spiro atoms. The van der Waals surface area contributed by atoms with E-state index in [1.807, 2.05) is 4.67 Å². The van der Waals surface area contributed by atoms with E-state index in [9.17, 15) is 0 Å². The molecule has 0 radical (unpaired) electrons. The van der Waals surface area contributed by atoms with E-state index in [4.69, 9.17) is 0 Å². The van der Waals surface area contributed by atoms with Gasteiger partial charge >= 0.3 is 29.6 Å². The first-order valence-electron chi connectivity index (χ1n) is 0.816. The van der Waals surface area contributed by atoms with Crippen molar-refractivity contribution >= 4 is 12.4 Å². The van der Waals surface area contributed by atoms with E-state index >= 15 is 0 Å². The summed E-state index contributed by atoms with van der Waals surface area (Å²) in [6.07, 6.45) is 0. The van der Waals surface area contributed by atoms with Crippen LogP contribution < -0.4 is 0 Å². The number of rotatable bonds is 0. The Balaban J connectivity index is 0. The van der Waals surface area contributed by atoms with Gasteiger partial charge in [0.2, 0.25) is 0 Å². The van der Waals surface area contributed by atoms with E-state index < -0.39 is 0 Å². The molecule has 0 rings (SSSR count). The third-order valence-corrected chi connectivity index (χ3v) is 0. The predicted octanol–water partition coefficient (Wildman–Crippen LogP) is 1.10. The third-order valence-electron chi connectivity index (χ3n) is 0. The minimum atomic E-state index is 0. The van der Waals surface area contributed by atoms with E-state index in [1.165, 1.54) is 18.3 Å². The average Bonchev–Trinajstić information content (AvgIpc) is 0.918. The van der Waals surface area contributed by atoms with E-state index in [0.29, 0.717) is 0 Å². The fraction of sp³-hybridized carbons (Fsp3) is 0. The van der Waals surface area contributed by atoms with Gasteiger partial charge in [0.05, 0.1) is 0 Å². The van der Waals surface area contributed by atoms with Gasteiger partial charge in [-0.3, -0.25) is 0 Å². The van der Waals surface area contributed by atoms with E-state index in [1.54, 1.807) is 0 Å². The average molecular weight is 129 g/mol. The summed E-state index contributed by atoms with van der Waals surface area (Å²) >= 11 is 1.21. The van der Waals surface area contributed by atoms with Crippen molar-refractivity contribution in [1.82, 2.24) is 0 Å².